The SMILES string of the molecule is CCC1CCCC1(CN)Nc1ccc(Cl)cc1. The Morgan fingerprint density at radius 3 is 2.71 bits per heavy atom. The summed E-state index contributed by atoms with van der Waals surface area (Å²) in [4.78, 5) is 0. The van der Waals surface area contributed by atoms with Crippen LogP contribution in [-0.2, 0) is 0 Å². The molecule has 0 heterocycles. The van der Waals surface area contributed by atoms with E-state index < -0.39 is 0 Å². The van der Waals surface area contributed by atoms with Crippen molar-refractivity contribution >= 4 is 17.3 Å². The van der Waals surface area contributed by atoms with Gasteiger partial charge in [-0.05, 0) is 43.0 Å². The monoisotopic (exact) mass is 252 g/mol. The van der Waals surface area contributed by atoms with E-state index in [-0.39, 0.29) is 5.54 Å². The van der Waals surface area contributed by atoms with E-state index in [1.807, 2.05) is 24.3 Å². The zero-order valence-corrected chi connectivity index (χ0v) is 11.1. The molecule has 0 bridgehead atoms. The maximum absolute atomic E-state index is 6.02. The molecule has 2 atom stereocenters. The molecular weight excluding hydrogens is 232 g/mol. The van der Waals surface area contributed by atoms with Crippen molar-refractivity contribution in [1.82, 2.24) is 0 Å². The predicted molar refractivity (Wildman–Crippen MR) is 74.5 cm³/mol. The van der Waals surface area contributed by atoms with Crippen molar-refractivity contribution in [3.63, 3.8) is 0 Å². The maximum atomic E-state index is 6.02. The average molecular weight is 253 g/mol. The van der Waals surface area contributed by atoms with Gasteiger partial charge in [-0.1, -0.05) is 31.4 Å². The first-order chi connectivity index (χ1) is 8.20. The van der Waals surface area contributed by atoms with Gasteiger partial charge in [-0.25, -0.2) is 0 Å². The summed E-state index contributed by atoms with van der Waals surface area (Å²) in [5.74, 6) is 0.683. The van der Waals surface area contributed by atoms with Crippen LogP contribution in [0.15, 0.2) is 24.3 Å². The summed E-state index contributed by atoms with van der Waals surface area (Å²) in [6, 6.07) is 7.91. The summed E-state index contributed by atoms with van der Waals surface area (Å²) in [5, 5.41) is 4.42. The fraction of sp³-hybridized carbons (Fsp3) is 0.571. The van der Waals surface area contributed by atoms with Gasteiger partial charge in [0, 0.05) is 17.3 Å². The minimum absolute atomic E-state index is 0.0859. The molecule has 0 aliphatic heterocycles. The van der Waals surface area contributed by atoms with Gasteiger partial charge in [0.25, 0.3) is 0 Å². The van der Waals surface area contributed by atoms with Gasteiger partial charge in [0.05, 0.1) is 5.54 Å². The van der Waals surface area contributed by atoms with Crippen LogP contribution < -0.4 is 11.1 Å². The summed E-state index contributed by atoms with van der Waals surface area (Å²) in [5.41, 5.74) is 7.24. The lowest BCUT2D eigenvalue weighted by Crippen LogP contribution is -2.48. The van der Waals surface area contributed by atoms with E-state index in [1.165, 1.54) is 25.7 Å². The molecular formula is C14H21ClN2. The van der Waals surface area contributed by atoms with Gasteiger partial charge >= 0.3 is 0 Å². The van der Waals surface area contributed by atoms with Gasteiger partial charge in [0.1, 0.15) is 0 Å². The highest BCUT2D eigenvalue weighted by Gasteiger charge is 2.40. The molecule has 1 aliphatic carbocycles. The normalized spacial score (nSPS) is 28.3. The van der Waals surface area contributed by atoms with Crippen molar-refractivity contribution in [2.45, 2.75) is 38.1 Å². The summed E-state index contributed by atoms with van der Waals surface area (Å²) in [6.45, 7) is 2.96. The molecule has 2 unspecified atom stereocenters. The molecule has 94 valence electrons. The molecule has 1 aliphatic rings. The molecule has 1 fully saturated rings. The van der Waals surface area contributed by atoms with Crippen molar-refractivity contribution in [2.75, 3.05) is 11.9 Å². The second-order valence-electron chi connectivity index (χ2n) is 4.99. The highest BCUT2D eigenvalue weighted by atomic mass is 35.5. The van der Waals surface area contributed by atoms with Crippen molar-refractivity contribution in [3.8, 4) is 0 Å². The van der Waals surface area contributed by atoms with E-state index in [0.29, 0.717) is 12.5 Å². The fourth-order valence-corrected chi connectivity index (χ4v) is 3.17. The number of benzene rings is 1. The third kappa shape index (κ3) is 2.58. The molecule has 0 spiro atoms. The van der Waals surface area contributed by atoms with Crippen LogP contribution in [0.2, 0.25) is 5.02 Å². The Hall–Kier alpha value is -0.730. The van der Waals surface area contributed by atoms with Gasteiger partial charge < -0.3 is 11.1 Å². The molecule has 2 nitrogen and oxygen atoms in total. The van der Waals surface area contributed by atoms with Crippen LogP contribution in [0.1, 0.15) is 32.6 Å². The first-order valence-electron chi connectivity index (χ1n) is 6.44. The van der Waals surface area contributed by atoms with Crippen LogP contribution >= 0.6 is 11.6 Å². The third-order valence-electron chi connectivity index (χ3n) is 4.05. The molecule has 1 saturated carbocycles. The summed E-state index contributed by atoms with van der Waals surface area (Å²) < 4.78 is 0. The zero-order chi connectivity index (χ0) is 12.3. The van der Waals surface area contributed by atoms with E-state index in [0.717, 1.165) is 10.7 Å². The number of nitrogens with one attached hydrogen (secondary N) is 1. The fourth-order valence-electron chi connectivity index (χ4n) is 3.04. The van der Waals surface area contributed by atoms with Gasteiger partial charge in [-0.15, -0.1) is 0 Å². The lowest BCUT2D eigenvalue weighted by Gasteiger charge is -2.36. The Labute approximate surface area is 109 Å². The van der Waals surface area contributed by atoms with E-state index in [2.05, 4.69) is 12.2 Å². The first kappa shape index (κ1) is 12.7. The number of hydrogen-bond acceptors (Lipinski definition) is 2. The smallest absolute Gasteiger partial charge is 0.0523 e. The molecule has 0 radical (unpaired) electrons. The molecule has 2 rings (SSSR count). The highest BCUT2D eigenvalue weighted by Crippen LogP contribution is 2.39. The topological polar surface area (TPSA) is 38.0 Å². The Balaban J connectivity index is 2.16. The maximum Gasteiger partial charge on any atom is 0.0523 e. The summed E-state index contributed by atoms with van der Waals surface area (Å²) >= 11 is 5.90. The highest BCUT2D eigenvalue weighted by molar-refractivity contribution is 6.30. The standard InChI is InChI=1S/C14H21ClN2/c1-2-11-4-3-9-14(11,10-16)17-13-7-5-12(15)6-8-13/h5-8,11,17H,2-4,9-10,16H2,1H3. The molecule has 17 heavy (non-hydrogen) atoms. The summed E-state index contributed by atoms with van der Waals surface area (Å²) in [7, 11) is 0. The van der Waals surface area contributed by atoms with Gasteiger partial charge in [-0.2, -0.15) is 0 Å². The average Bonchev–Trinajstić information content (AvgIpc) is 2.75. The molecule has 0 aromatic heterocycles. The lowest BCUT2D eigenvalue weighted by atomic mass is 9.85. The Morgan fingerprint density at radius 1 is 1.41 bits per heavy atom. The molecule has 0 amide bonds. The molecule has 1 aromatic carbocycles. The quantitative estimate of drug-likeness (QED) is 0.858. The summed E-state index contributed by atoms with van der Waals surface area (Å²) in [6.07, 6.45) is 4.92. The molecule has 0 saturated heterocycles. The number of halogens is 1. The lowest BCUT2D eigenvalue weighted by molar-refractivity contribution is 0.346. The van der Waals surface area contributed by atoms with Crippen LogP contribution in [0.4, 0.5) is 5.69 Å². The van der Waals surface area contributed by atoms with Crippen molar-refractivity contribution in [2.24, 2.45) is 11.7 Å². The van der Waals surface area contributed by atoms with Crippen LogP contribution in [-0.4, -0.2) is 12.1 Å². The van der Waals surface area contributed by atoms with Crippen molar-refractivity contribution < 1.29 is 0 Å². The molecule has 1 aromatic rings. The number of anilines is 1. The van der Waals surface area contributed by atoms with Crippen LogP contribution in [0.25, 0.3) is 0 Å². The number of nitrogens with two attached hydrogens (primary N) is 1. The van der Waals surface area contributed by atoms with Gasteiger partial charge in [0.2, 0.25) is 0 Å². The Morgan fingerprint density at radius 2 is 2.12 bits per heavy atom. The molecule has 3 N–H and O–H groups in total. The first-order valence-corrected chi connectivity index (χ1v) is 6.82. The minimum Gasteiger partial charge on any atom is -0.378 e. The van der Waals surface area contributed by atoms with Crippen LogP contribution in [0.5, 0.6) is 0 Å². The second kappa shape index (κ2) is 5.28. The van der Waals surface area contributed by atoms with E-state index in [4.69, 9.17) is 17.3 Å². The van der Waals surface area contributed by atoms with E-state index >= 15 is 0 Å². The number of hydrogen-bond donors (Lipinski definition) is 2. The minimum atomic E-state index is 0.0859. The Kier molecular flexibility index (Phi) is 3.95. The third-order valence-corrected chi connectivity index (χ3v) is 4.30. The van der Waals surface area contributed by atoms with Gasteiger partial charge in [0.15, 0.2) is 0 Å². The predicted octanol–water partition coefficient (Wildman–Crippen LogP) is 3.66. The van der Waals surface area contributed by atoms with Crippen molar-refractivity contribution in [1.29, 1.82) is 0 Å². The zero-order valence-electron chi connectivity index (χ0n) is 10.4. The van der Waals surface area contributed by atoms with Gasteiger partial charge in [-0.3, -0.25) is 0 Å². The largest absolute Gasteiger partial charge is 0.378 e. The van der Waals surface area contributed by atoms with E-state index in [9.17, 15) is 0 Å². The van der Waals surface area contributed by atoms with E-state index in [1.54, 1.807) is 0 Å². The van der Waals surface area contributed by atoms with Crippen molar-refractivity contribution in [3.05, 3.63) is 29.3 Å². The molecule has 3 heteroatoms. The van der Waals surface area contributed by atoms with Crippen LogP contribution in [0, 0.1) is 5.92 Å². The number of rotatable bonds is 4. The Bertz CT molecular complexity index is 363. The van der Waals surface area contributed by atoms with Crippen LogP contribution in [0.3, 0.4) is 0 Å². The second-order valence-corrected chi connectivity index (χ2v) is 5.43.